The molecule has 0 aliphatic rings. The molecule has 0 aromatic heterocycles. The Morgan fingerprint density at radius 1 is 1.58 bits per heavy atom. The summed E-state index contributed by atoms with van der Waals surface area (Å²) in [5.41, 5.74) is 0.768. The molecule has 0 amide bonds. The predicted octanol–water partition coefficient (Wildman–Crippen LogP) is 1.32. The van der Waals surface area contributed by atoms with Gasteiger partial charge in [0.05, 0.1) is 12.3 Å². The standard InChI is InChI=1S/C7H12N2O.C2H6/c1-3-7(6-8-2)9-4-5-10;1-2/h3,6,9-10H,1-2,4-5H2;1-2H3/b7-6+;. The molecular formula is C9H18N2O. The van der Waals surface area contributed by atoms with Crippen molar-refractivity contribution < 1.29 is 5.11 Å². The average Bonchev–Trinajstić information content (AvgIpc) is 2.15. The molecule has 0 aliphatic heterocycles. The lowest BCUT2D eigenvalue weighted by Gasteiger charge is -2.01. The second-order valence-corrected chi connectivity index (χ2v) is 1.62. The quantitative estimate of drug-likeness (QED) is 0.483. The minimum Gasteiger partial charge on any atom is -0.395 e. The third-order valence-corrected chi connectivity index (χ3v) is 0.891. The molecule has 0 atom stereocenters. The van der Waals surface area contributed by atoms with Crippen LogP contribution in [0.3, 0.4) is 0 Å². The molecule has 0 bridgehead atoms. The Morgan fingerprint density at radius 2 is 2.17 bits per heavy atom. The number of aliphatic imine (C=N–C) groups is 1. The van der Waals surface area contributed by atoms with E-state index in [0.29, 0.717) is 6.54 Å². The molecule has 0 fully saturated rings. The molecule has 70 valence electrons. The van der Waals surface area contributed by atoms with E-state index >= 15 is 0 Å². The largest absolute Gasteiger partial charge is 0.395 e. The van der Waals surface area contributed by atoms with E-state index < -0.39 is 0 Å². The highest BCUT2D eigenvalue weighted by Gasteiger charge is 1.85. The fraction of sp³-hybridized carbons (Fsp3) is 0.444. The van der Waals surface area contributed by atoms with Gasteiger partial charge in [0, 0.05) is 12.7 Å². The van der Waals surface area contributed by atoms with Crippen molar-refractivity contribution in [3.63, 3.8) is 0 Å². The van der Waals surface area contributed by atoms with Crippen LogP contribution in [0.4, 0.5) is 0 Å². The first kappa shape index (κ1) is 13.5. The van der Waals surface area contributed by atoms with E-state index in [0.717, 1.165) is 5.70 Å². The molecule has 12 heavy (non-hydrogen) atoms. The summed E-state index contributed by atoms with van der Waals surface area (Å²) in [7, 11) is 0. The van der Waals surface area contributed by atoms with Gasteiger partial charge in [-0.25, -0.2) is 0 Å². The zero-order valence-corrected chi connectivity index (χ0v) is 7.88. The van der Waals surface area contributed by atoms with Crippen molar-refractivity contribution in [2.45, 2.75) is 13.8 Å². The van der Waals surface area contributed by atoms with Crippen molar-refractivity contribution in [3.8, 4) is 0 Å². The van der Waals surface area contributed by atoms with Crippen LogP contribution in [0.25, 0.3) is 0 Å². The Labute approximate surface area is 74.5 Å². The molecule has 0 aromatic carbocycles. The topological polar surface area (TPSA) is 44.6 Å². The number of hydrogen-bond acceptors (Lipinski definition) is 3. The van der Waals surface area contributed by atoms with Crippen molar-refractivity contribution in [1.82, 2.24) is 5.32 Å². The smallest absolute Gasteiger partial charge is 0.0604 e. The third-order valence-electron chi connectivity index (χ3n) is 0.891. The van der Waals surface area contributed by atoms with Crippen LogP contribution in [0.15, 0.2) is 29.5 Å². The van der Waals surface area contributed by atoms with Crippen LogP contribution in [0.1, 0.15) is 13.8 Å². The number of aliphatic hydroxyl groups is 1. The molecule has 0 unspecified atom stereocenters. The average molecular weight is 170 g/mol. The van der Waals surface area contributed by atoms with Gasteiger partial charge in [0.2, 0.25) is 0 Å². The van der Waals surface area contributed by atoms with Gasteiger partial charge in [-0.1, -0.05) is 20.4 Å². The fourth-order valence-corrected chi connectivity index (χ4v) is 0.469. The van der Waals surface area contributed by atoms with E-state index in [-0.39, 0.29) is 6.61 Å². The van der Waals surface area contributed by atoms with Crippen molar-refractivity contribution >= 4 is 6.72 Å². The summed E-state index contributed by atoms with van der Waals surface area (Å²) >= 11 is 0. The summed E-state index contributed by atoms with van der Waals surface area (Å²) in [6, 6.07) is 0. The first-order chi connectivity index (χ1) is 5.85. The van der Waals surface area contributed by atoms with E-state index in [1.54, 1.807) is 12.3 Å². The fourth-order valence-electron chi connectivity index (χ4n) is 0.469. The Kier molecular flexibility index (Phi) is 14.1. The van der Waals surface area contributed by atoms with Crippen LogP contribution in [0.5, 0.6) is 0 Å². The van der Waals surface area contributed by atoms with E-state index in [1.807, 2.05) is 13.8 Å². The lowest BCUT2D eigenvalue weighted by atomic mass is 10.4. The Hall–Kier alpha value is -1.09. The van der Waals surface area contributed by atoms with Gasteiger partial charge in [-0.05, 0) is 12.8 Å². The van der Waals surface area contributed by atoms with Gasteiger partial charge >= 0.3 is 0 Å². The first-order valence-electron chi connectivity index (χ1n) is 3.98. The molecule has 2 N–H and O–H groups in total. The van der Waals surface area contributed by atoms with Gasteiger partial charge in [0.25, 0.3) is 0 Å². The van der Waals surface area contributed by atoms with Gasteiger partial charge in [0.1, 0.15) is 0 Å². The summed E-state index contributed by atoms with van der Waals surface area (Å²) in [4.78, 5) is 3.53. The Morgan fingerprint density at radius 3 is 2.50 bits per heavy atom. The van der Waals surface area contributed by atoms with Crippen LogP contribution < -0.4 is 5.32 Å². The van der Waals surface area contributed by atoms with Gasteiger partial charge in [0.15, 0.2) is 0 Å². The summed E-state index contributed by atoms with van der Waals surface area (Å²) in [5, 5.41) is 11.3. The van der Waals surface area contributed by atoms with Crippen LogP contribution in [-0.4, -0.2) is 25.0 Å². The zero-order chi connectivity index (χ0) is 9.82. The van der Waals surface area contributed by atoms with Gasteiger partial charge in [-0.3, -0.25) is 4.99 Å². The van der Waals surface area contributed by atoms with E-state index in [2.05, 4.69) is 23.6 Å². The molecule has 0 spiro atoms. The maximum Gasteiger partial charge on any atom is 0.0604 e. The van der Waals surface area contributed by atoms with Crippen molar-refractivity contribution in [1.29, 1.82) is 0 Å². The number of nitrogens with zero attached hydrogens (tertiary/aromatic N) is 1. The minimum absolute atomic E-state index is 0.0995. The second-order valence-electron chi connectivity index (χ2n) is 1.62. The van der Waals surface area contributed by atoms with Crippen molar-refractivity contribution in [3.05, 3.63) is 24.6 Å². The molecule has 0 rings (SSSR count). The van der Waals surface area contributed by atoms with Crippen molar-refractivity contribution in [2.24, 2.45) is 4.99 Å². The maximum absolute atomic E-state index is 8.41. The molecule has 3 nitrogen and oxygen atoms in total. The van der Waals surface area contributed by atoms with E-state index in [1.165, 1.54) is 0 Å². The maximum atomic E-state index is 8.41. The third kappa shape index (κ3) is 8.91. The molecule has 0 saturated carbocycles. The van der Waals surface area contributed by atoms with Gasteiger partial charge in [-0.2, -0.15) is 0 Å². The lowest BCUT2D eigenvalue weighted by molar-refractivity contribution is 0.297. The first-order valence-corrected chi connectivity index (χ1v) is 3.98. The van der Waals surface area contributed by atoms with Gasteiger partial charge in [-0.15, -0.1) is 0 Å². The van der Waals surface area contributed by atoms with Crippen molar-refractivity contribution in [2.75, 3.05) is 13.2 Å². The van der Waals surface area contributed by atoms with Crippen LogP contribution in [-0.2, 0) is 0 Å². The summed E-state index contributed by atoms with van der Waals surface area (Å²) in [5.74, 6) is 0. The van der Waals surface area contributed by atoms with Crippen LogP contribution >= 0.6 is 0 Å². The number of nitrogens with one attached hydrogen (secondary N) is 1. The normalized spacial score (nSPS) is 9.42. The second kappa shape index (κ2) is 12.6. The van der Waals surface area contributed by atoms with Crippen LogP contribution in [0, 0.1) is 0 Å². The van der Waals surface area contributed by atoms with E-state index in [4.69, 9.17) is 5.11 Å². The summed E-state index contributed by atoms with van der Waals surface area (Å²) in [6.45, 7) is 11.4. The highest BCUT2D eigenvalue weighted by atomic mass is 16.3. The zero-order valence-electron chi connectivity index (χ0n) is 7.88. The number of allylic oxidation sites excluding steroid dienone is 1. The molecule has 3 heteroatoms. The SMILES string of the molecule is C=C/C(=C\N=C)NCCO.CC. The molecule has 0 aliphatic carbocycles. The molecule has 0 heterocycles. The Bertz CT molecular complexity index is 141. The summed E-state index contributed by atoms with van der Waals surface area (Å²) in [6.07, 6.45) is 3.16. The van der Waals surface area contributed by atoms with E-state index in [9.17, 15) is 0 Å². The highest BCUT2D eigenvalue weighted by Crippen LogP contribution is 1.88. The molecule has 0 radical (unpaired) electrons. The number of aliphatic hydroxyl groups excluding tert-OH is 1. The minimum atomic E-state index is 0.0995. The molecule has 0 saturated heterocycles. The monoisotopic (exact) mass is 170 g/mol. The predicted molar refractivity (Wildman–Crippen MR) is 54.3 cm³/mol. The number of hydrogen-bond donors (Lipinski definition) is 2. The highest BCUT2D eigenvalue weighted by molar-refractivity contribution is 5.27. The molecule has 0 aromatic rings. The summed E-state index contributed by atoms with van der Waals surface area (Å²) < 4.78 is 0. The van der Waals surface area contributed by atoms with Crippen LogP contribution in [0.2, 0.25) is 0 Å². The lowest BCUT2D eigenvalue weighted by Crippen LogP contribution is -2.15. The molecular weight excluding hydrogens is 152 g/mol. The van der Waals surface area contributed by atoms with Gasteiger partial charge < -0.3 is 10.4 Å². The Balaban J connectivity index is 0. The number of rotatable bonds is 5.